The predicted molar refractivity (Wildman–Crippen MR) is 90.5 cm³/mol. The number of aryl methyl sites for hydroxylation is 1. The highest BCUT2D eigenvalue weighted by Gasteiger charge is 2.40. The molecule has 4 heterocycles. The van der Waals surface area contributed by atoms with Crippen LogP contribution in [0.3, 0.4) is 0 Å². The largest absolute Gasteiger partial charge is 0.384 e. The Hall–Kier alpha value is -2.25. The summed E-state index contributed by atoms with van der Waals surface area (Å²) < 4.78 is 11.6. The Balaban J connectivity index is 1.64. The van der Waals surface area contributed by atoms with Crippen molar-refractivity contribution < 1.29 is 9.47 Å². The molecule has 2 aliphatic rings. The molecule has 2 fully saturated rings. The summed E-state index contributed by atoms with van der Waals surface area (Å²) in [6.45, 7) is 5.05. The van der Waals surface area contributed by atoms with E-state index in [-0.39, 0.29) is 5.79 Å². The van der Waals surface area contributed by atoms with Gasteiger partial charge in [-0.25, -0.2) is 15.0 Å². The standard InChI is InChI=1S/C17H21N5O2/c1-12-15(13-2-3-14(18)19-10-13)16(21-11-20-12)22-6-4-17(5-7-22)23-8-9-24-17/h2-3,10-11H,4-9H2,1H3,(H2,18,19). The van der Waals surface area contributed by atoms with Crippen LogP contribution in [-0.2, 0) is 9.47 Å². The Labute approximate surface area is 140 Å². The van der Waals surface area contributed by atoms with Crippen LogP contribution in [0.2, 0.25) is 0 Å². The van der Waals surface area contributed by atoms with E-state index in [0.717, 1.165) is 48.6 Å². The van der Waals surface area contributed by atoms with Gasteiger partial charge < -0.3 is 20.1 Å². The van der Waals surface area contributed by atoms with Crippen LogP contribution in [0.25, 0.3) is 11.1 Å². The van der Waals surface area contributed by atoms with Gasteiger partial charge in [-0.15, -0.1) is 0 Å². The van der Waals surface area contributed by atoms with Crippen LogP contribution in [0.4, 0.5) is 11.6 Å². The van der Waals surface area contributed by atoms with E-state index in [2.05, 4.69) is 19.9 Å². The molecule has 0 unspecified atom stereocenters. The molecule has 2 aromatic heterocycles. The molecule has 1 spiro atoms. The lowest BCUT2D eigenvalue weighted by Crippen LogP contribution is -2.45. The molecular weight excluding hydrogens is 306 g/mol. The molecule has 2 aliphatic heterocycles. The van der Waals surface area contributed by atoms with Gasteiger partial charge in [-0.1, -0.05) is 0 Å². The summed E-state index contributed by atoms with van der Waals surface area (Å²) in [6, 6.07) is 3.77. The average molecular weight is 327 g/mol. The highest BCUT2D eigenvalue weighted by atomic mass is 16.7. The minimum absolute atomic E-state index is 0.387. The summed E-state index contributed by atoms with van der Waals surface area (Å²) in [4.78, 5) is 15.4. The van der Waals surface area contributed by atoms with Crippen molar-refractivity contribution in [1.29, 1.82) is 0 Å². The van der Waals surface area contributed by atoms with Gasteiger partial charge in [-0.3, -0.25) is 0 Å². The first kappa shape index (κ1) is 15.3. The number of rotatable bonds is 2. The van der Waals surface area contributed by atoms with Gasteiger partial charge in [0.1, 0.15) is 18.0 Å². The average Bonchev–Trinajstić information content (AvgIpc) is 3.05. The van der Waals surface area contributed by atoms with Gasteiger partial charge >= 0.3 is 0 Å². The number of aromatic nitrogens is 3. The molecule has 7 heteroatoms. The zero-order chi connectivity index (χ0) is 16.6. The smallest absolute Gasteiger partial charge is 0.171 e. The van der Waals surface area contributed by atoms with Crippen LogP contribution in [0.15, 0.2) is 24.7 Å². The van der Waals surface area contributed by atoms with E-state index in [0.29, 0.717) is 19.0 Å². The van der Waals surface area contributed by atoms with Crippen LogP contribution in [-0.4, -0.2) is 47.0 Å². The van der Waals surface area contributed by atoms with Crippen LogP contribution in [0.1, 0.15) is 18.5 Å². The molecule has 0 saturated carbocycles. The third kappa shape index (κ3) is 2.70. The van der Waals surface area contributed by atoms with Crippen LogP contribution in [0, 0.1) is 6.92 Å². The SMILES string of the molecule is Cc1ncnc(N2CCC3(CC2)OCCO3)c1-c1ccc(N)nc1. The Morgan fingerprint density at radius 2 is 1.83 bits per heavy atom. The first-order valence-electron chi connectivity index (χ1n) is 8.23. The Bertz CT molecular complexity index is 718. The van der Waals surface area contributed by atoms with Crippen LogP contribution < -0.4 is 10.6 Å². The normalized spacial score (nSPS) is 19.8. The molecule has 0 amide bonds. The van der Waals surface area contributed by atoms with Crippen molar-refractivity contribution in [3.05, 3.63) is 30.4 Å². The number of nitrogens with two attached hydrogens (primary N) is 1. The lowest BCUT2D eigenvalue weighted by Gasteiger charge is -2.38. The predicted octanol–water partition coefficient (Wildman–Crippen LogP) is 1.77. The van der Waals surface area contributed by atoms with Gasteiger partial charge in [-0.2, -0.15) is 0 Å². The number of ether oxygens (including phenoxy) is 2. The molecule has 0 aliphatic carbocycles. The maximum atomic E-state index is 5.81. The third-order valence-corrected chi connectivity index (χ3v) is 4.73. The first-order chi connectivity index (χ1) is 11.7. The number of piperidine rings is 1. The summed E-state index contributed by atoms with van der Waals surface area (Å²) in [5.74, 6) is 1.05. The van der Waals surface area contributed by atoms with E-state index in [4.69, 9.17) is 15.2 Å². The zero-order valence-electron chi connectivity index (χ0n) is 13.7. The molecule has 24 heavy (non-hydrogen) atoms. The van der Waals surface area contributed by atoms with Gasteiger partial charge in [0.15, 0.2) is 5.79 Å². The van der Waals surface area contributed by atoms with Crippen LogP contribution >= 0.6 is 0 Å². The zero-order valence-corrected chi connectivity index (χ0v) is 13.7. The molecular formula is C17H21N5O2. The summed E-state index contributed by atoms with van der Waals surface area (Å²) in [5.41, 5.74) is 8.63. The highest BCUT2D eigenvalue weighted by Crippen LogP contribution is 2.36. The van der Waals surface area contributed by atoms with Gasteiger partial charge in [0.05, 0.1) is 18.9 Å². The number of anilines is 2. The number of nitrogen functional groups attached to an aromatic ring is 1. The van der Waals surface area contributed by atoms with E-state index < -0.39 is 0 Å². The quantitative estimate of drug-likeness (QED) is 0.899. The molecule has 0 aromatic carbocycles. The van der Waals surface area contributed by atoms with Gasteiger partial charge in [0.2, 0.25) is 0 Å². The molecule has 2 aromatic rings. The maximum Gasteiger partial charge on any atom is 0.171 e. The molecule has 4 rings (SSSR count). The lowest BCUT2D eigenvalue weighted by atomic mass is 10.0. The summed E-state index contributed by atoms with van der Waals surface area (Å²) in [6.07, 6.45) is 5.08. The van der Waals surface area contributed by atoms with E-state index >= 15 is 0 Å². The van der Waals surface area contributed by atoms with Crippen molar-refractivity contribution in [2.75, 3.05) is 36.9 Å². The molecule has 7 nitrogen and oxygen atoms in total. The Morgan fingerprint density at radius 3 is 2.50 bits per heavy atom. The van der Waals surface area contributed by atoms with Crippen molar-refractivity contribution >= 4 is 11.6 Å². The molecule has 0 radical (unpaired) electrons. The molecule has 2 N–H and O–H groups in total. The van der Waals surface area contributed by atoms with E-state index in [1.54, 1.807) is 18.6 Å². The number of nitrogens with zero attached hydrogens (tertiary/aromatic N) is 4. The molecule has 2 saturated heterocycles. The monoisotopic (exact) mass is 327 g/mol. The molecule has 0 atom stereocenters. The van der Waals surface area contributed by atoms with Crippen molar-refractivity contribution in [3.8, 4) is 11.1 Å². The van der Waals surface area contributed by atoms with Gasteiger partial charge in [0.25, 0.3) is 0 Å². The maximum absolute atomic E-state index is 5.81. The lowest BCUT2D eigenvalue weighted by molar-refractivity contribution is -0.169. The third-order valence-electron chi connectivity index (χ3n) is 4.73. The Morgan fingerprint density at radius 1 is 1.08 bits per heavy atom. The fraction of sp³-hybridized carbons (Fsp3) is 0.471. The fourth-order valence-electron chi connectivity index (χ4n) is 3.44. The van der Waals surface area contributed by atoms with E-state index in [9.17, 15) is 0 Å². The number of hydrogen-bond donors (Lipinski definition) is 1. The van der Waals surface area contributed by atoms with Gasteiger partial charge in [-0.05, 0) is 19.1 Å². The van der Waals surface area contributed by atoms with E-state index in [1.165, 1.54) is 0 Å². The summed E-state index contributed by atoms with van der Waals surface area (Å²) in [7, 11) is 0. The molecule has 126 valence electrons. The Kier molecular flexibility index (Phi) is 3.82. The minimum Gasteiger partial charge on any atom is -0.384 e. The second kappa shape index (κ2) is 5.99. The van der Waals surface area contributed by atoms with Crippen LogP contribution in [0.5, 0.6) is 0 Å². The number of pyridine rings is 1. The molecule has 0 bridgehead atoms. The fourth-order valence-corrected chi connectivity index (χ4v) is 3.44. The van der Waals surface area contributed by atoms with E-state index in [1.807, 2.05) is 13.0 Å². The van der Waals surface area contributed by atoms with Crippen molar-refractivity contribution in [2.45, 2.75) is 25.6 Å². The van der Waals surface area contributed by atoms with Crippen molar-refractivity contribution in [2.24, 2.45) is 0 Å². The second-order valence-electron chi connectivity index (χ2n) is 6.22. The highest BCUT2D eigenvalue weighted by molar-refractivity contribution is 5.77. The minimum atomic E-state index is -0.387. The topological polar surface area (TPSA) is 86.4 Å². The first-order valence-corrected chi connectivity index (χ1v) is 8.23. The van der Waals surface area contributed by atoms with Crippen molar-refractivity contribution in [1.82, 2.24) is 15.0 Å². The summed E-state index contributed by atoms with van der Waals surface area (Å²) >= 11 is 0. The van der Waals surface area contributed by atoms with Gasteiger partial charge in [0, 0.05) is 43.3 Å². The number of hydrogen-bond acceptors (Lipinski definition) is 7. The summed E-state index contributed by atoms with van der Waals surface area (Å²) in [5, 5.41) is 0. The van der Waals surface area contributed by atoms with Crippen molar-refractivity contribution in [3.63, 3.8) is 0 Å². The second-order valence-corrected chi connectivity index (χ2v) is 6.22.